The van der Waals surface area contributed by atoms with Crippen molar-refractivity contribution in [3.05, 3.63) is 53.7 Å². The van der Waals surface area contributed by atoms with Crippen molar-refractivity contribution in [2.45, 2.75) is 32.6 Å². The summed E-state index contributed by atoms with van der Waals surface area (Å²) in [5.41, 5.74) is 2.62. The van der Waals surface area contributed by atoms with Gasteiger partial charge in [0.15, 0.2) is 0 Å². The highest BCUT2D eigenvalue weighted by molar-refractivity contribution is 5.70. The lowest BCUT2D eigenvalue weighted by Gasteiger charge is -2.09. The molecule has 1 aliphatic rings. The van der Waals surface area contributed by atoms with Crippen molar-refractivity contribution in [3.63, 3.8) is 0 Å². The average Bonchev–Trinajstić information content (AvgIpc) is 3.04. The van der Waals surface area contributed by atoms with Crippen LogP contribution in [0.3, 0.4) is 0 Å². The molecule has 1 aliphatic carbocycles. The Morgan fingerprint density at radius 2 is 2.12 bits per heavy atom. The first-order valence-corrected chi connectivity index (χ1v) is 9.29. The first-order valence-electron chi connectivity index (χ1n) is 9.29. The van der Waals surface area contributed by atoms with Crippen molar-refractivity contribution in [2.24, 2.45) is 5.92 Å². The van der Waals surface area contributed by atoms with E-state index in [9.17, 15) is 4.79 Å². The number of pyridine rings is 1. The largest absolute Gasteiger partial charge is 0.494 e. The minimum atomic E-state index is -0.0952. The fourth-order valence-electron chi connectivity index (χ4n) is 3.32. The number of hydrogen-bond acceptors (Lipinski definition) is 5. The van der Waals surface area contributed by atoms with Crippen LogP contribution in [0.15, 0.2) is 42.6 Å². The molecule has 0 bridgehead atoms. The van der Waals surface area contributed by atoms with Gasteiger partial charge in [0.05, 0.1) is 13.2 Å². The number of carbonyl (C=O) groups excluding carboxylic acids is 1. The van der Waals surface area contributed by atoms with E-state index in [0.717, 1.165) is 37.4 Å². The zero-order valence-electron chi connectivity index (χ0n) is 15.2. The van der Waals surface area contributed by atoms with Gasteiger partial charge in [-0.15, -0.1) is 0 Å². The molecule has 2 aromatic rings. The Morgan fingerprint density at radius 3 is 2.92 bits per heavy atom. The second-order valence-corrected chi connectivity index (χ2v) is 6.56. The molecule has 1 aromatic carbocycles. The van der Waals surface area contributed by atoms with Gasteiger partial charge in [-0.25, -0.2) is 4.98 Å². The van der Waals surface area contributed by atoms with Crippen LogP contribution in [0.4, 0.5) is 5.82 Å². The summed E-state index contributed by atoms with van der Waals surface area (Å²) in [6, 6.07) is 12.1. The van der Waals surface area contributed by atoms with Gasteiger partial charge >= 0.3 is 5.97 Å². The van der Waals surface area contributed by atoms with Crippen molar-refractivity contribution in [2.75, 3.05) is 25.1 Å². The summed E-state index contributed by atoms with van der Waals surface area (Å²) in [4.78, 5) is 15.9. The van der Waals surface area contributed by atoms with Crippen LogP contribution in [0.25, 0.3) is 0 Å². The average molecular weight is 354 g/mol. The number of ether oxygens (including phenoxy) is 2. The van der Waals surface area contributed by atoms with Gasteiger partial charge in [0, 0.05) is 19.2 Å². The van der Waals surface area contributed by atoms with Gasteiger partial charge in [0.2, 0.25) is 0 Å². The van der Waals surface area contributed by atoms with E-state index in [1.807, 2.05) is 31.2 Å². The van der Waals surface area contributed by atoms with Crippen LogP contribution in [-0.2, 0) is 22.4 Å². The number of carbonyl (C=O) groups is 1. The van der Waals surface area contributed by atoms with Gasteiger partial charge in [-0.2, -0.15) is 0 Å². The Bertz CT molecular complexity index is 718. The molecule has 1 aromatic heterocycles. The maximum absolute atomic E-state index is 11.7. The lowest BCUT2D eigenvalue weighted by atomic mass is 10.0. The van der Waals surface area contributed by atoms with Crippen LogP contribution in [0.5, 0.6) is 5.75 Å². The molecule has 0 saturated heterocycles. The SMILES string of the molecule is CCOC(=O)CC1Cc2ccc(OCCCNc3ccccn3)cc2C1. The van der Waals surface area contributed by atoms with Crippen LogP contribution in [0.1, 0.15) is 30.9 Å². The third-order valence-corrected chi connectivity index (χ3v) is 4.52. The van der Waals surface area contributed by atoms with Gasteiger partial charge < -0.3 is 14.8 Å². The highest BCUT2D eigenvalue weighted by atomic mass is 16.5. The molecular weight excluding hydrogens is 328 g/mol. The van der Waals surface area contributed by atoms with Gasteiger partial charge in [-0.3, -0.25) is 4.79 Å². The zero-order valence-corrected chi connectivity index (χ0v) is 15.2. The zero-order chi connectivity index (χ0) is 18.2. The smallest absolute Gasteiger partial charge is 0.306 e. The third kappa shape index (κ3) is 5.22. The number of aromatic nitrogens is 1. The van der Waals surface area contributed by atoms with Crippen molar-refractivity contribution < 1.29 is 14.3 Å². The molecule has 0 spiro atoms. The molecular formula is C21H26N2O3. The molecule has 138 valence electrons. The summed E-state index contributed by atoms with van der Waals surface area (Å²) in [5, 5.41) is 3.27. The van der Waals surface area contributed by atoms with E-state index >= 15 is 0 Å². The summed E-state index contributed by atoms with van der Waals surface area (Å²) < 4.78 is 10.9. The van der Waals surface area contributed by atoms with E-state index in [0.29, 0.717) is 25.6 Å². The molecule has 0 saturated carbocycles. The van der Waals surface area contributed by atoms with E-state index in [-0.39, 0.29) is 5.97 Å². The molecule has 0 radical (unpaired) electrons. The minimum Gasteiger partial charge on any atom is -0.494 e. The Morgan fingerprint density at radius 1 is 1.23 bits per heavy atom. The summed E-state index contributed by atoms with van der Waals surface area (Å²) in [5.74, 6) is 2.04. The van der Waals surface area contributed by atoms with Crippen LogP contribution in [-0.4, -0.2) is 30.7 Å². The van der Waals surface area contributed by atoms with Crippen LogP contribution in [0, 0.1) is 5.92 Å². The van der Waals surface area contributed by atoms with E-state index in [2.05, 4.69) is 22.4 Å². The van der Waals surface area contributed by atoms with Crippen molar-refractivity contribution in [1.82, 2.24) is 4.98 Å². The number of rotatable bonds is 9. The van der Waals surface area contributed by atoms with Crippen molar-refractivity contribution in [1.29, 1.82) is 0 Å². The van der Waals surface area contributed by atoms with E-state index in [4.69, 9.17) is 9.47 Å². The number of esters is 1. The molecule has 1 unspecified atom stereocenters. The monoisotopic (exact) mass is 354 g/mol. The van der Waals surface area contributed by atoms with Gasteiger partial charge in [-0.05, 0) is 67.5 Å². The lowest BCUT2D eigenvalue weighted by molar-refractivity contribution is -0.144. The predicted molar refractivity (Wildman–Crippen MR) is 101 cm³/mol. The molecule has 0 fully saturated rings. The number of anilines is 1. The van der Waals surface area contributed by atoms with Crippen LogP contribution < -0.4 is 10.1 Å². The summed E-state index contributed by atoms with van der Waals surface area (Å²) in [6.07, 6.45) is 5.05. The Labute approximate surface area is 154 Å². The normalized spacial score (nSPS) is 15.3. The van der Waals surface area contributed by atoms with Crippen molar-refractivity contribution >= 4 is 11.8 Å². The molecule has 3 rings (SSSR count). The Hall–Kier alpha value is -2.56. The second kappa shape index (κ2) is 9.22. The molecule has 1 N–H and O–H groups in total. The quantitative estimate of drug-likeness (QED) is 0.550. The van der Waals surface area contributed by atoms with Crippen LogP contribution in [0.2, 0.25) is 0 Å². The third-order valence-electron chi connectivity index (χ3n) is 4.52. The highest BCUT2D eigenvalue weighted by Crippen LogP contribution is 2.31. The first kappa shape index (κ1) is 18.2. The molecule has 1 heterocycles. The maximum Gasteiger partial charge on any atom is 0.306 e. The topological polar surface area (TPSA) is 60.5 Å². The minimum absolute atomic E-state index is 0.0952. The molecule has 5 nitrogen and oxygen atoms in total. The number of nitrogens with zero attached hydrogens (tertiary/aromatic N) is 1. The molecule has 5 heteroatoms. The summed E-state index contributed by atoms with van der Waals surface area (Å²) >= 11 is 0. The van der Waals surface area contributed by atoms with Gasteiger partial charge in [0.25, 0.3) is 0 Å². The summed E-state index contributed by atoms with van der Waals surface area (Å²) in [6.45, 7) is 3.77. The fourth-order valence-corrected chi connectivity index (χ4v) is 3.32. The first-order chi connectivity index (χ1) is 12.7. The van der Waals surface area contributed by atoms with E-state index < -0.39 is 0 Å². The van der Waals surface area contributed by atoms with Crippen molar-refractivity contribution in [3.8, 4) is 5.75 Å². The second-order valence-electron chi connectivity index (χ2n) is 6.56. The Balaban J connectivity index is 1.40. The number of hydrogen-bond donors (Lipinski definition) is 1. The van der Waals surface area contributed by atoms with Gasteiger partial charge in [0.1, 0.15) is 11.6 Å². The molecule has 0 aliphatic heterocycles. The molecule has 0 amide bonds. The molecule has 1 atom stereocenters. The number of nitrogens with one attached hydrogen (secondary N) is 1. The number of benzene rings is 1. The van der Waals surface area contributed by atoms with Crippen LogP contribution >= 0.6 is 0 Å². The van der Waals surface area contributed by atoms with E-state index in [1.165, 1.54) is 11.1 Å². The Kier molecular flexibility index (Phi) is 6.47. The molecule has 26 heavy (non-hydrogen) atoms. The number of fused-ring (bicyclic) bond motifs is 1. The summed E-state index contributed by atoms with van der Waals surface area (Å²) in [7, 11) is 0. The predicted octanol–water partition coefficient (Wildman–Crippen LogP) is 3.63. The fraction of sp³-hybridized carbons (Fsp3) is 0.429. The maximum atomic E-state index is 11.7. The van der Waals surface area contributed by atoms with Gasteiger partial charge in [-0.1, -0.05) is 12.1 Å². The standard InChI is InChI=1S/C21H26N2O3/c1-2-25-21(24)14-16-12-17-7-8-19(15-18(17)13-16)26-11-5-10-23-20-6-3-4-9-22-20/h3-4,6-9,15-16H,2,5,10-14H2,1H3,(H,22,23). The lowest BCUT2D eigenvalue weighted by Crippen LogP contribution is -2.11. The van der Waals surface area contributed by atoms with E-state index in [1.54, 1.807) is 6.20 Å². The highest BCUT2D eigenvalue weighted by Gasteiger charge is 2.24.